The molecule has 1 aliphatic rings. The molecule has 1 saturated heterocycles. The summed E-state index contributed by atoms with van der Waals surface area (Å²) < 4.78 is 6.63. The molecule has 9 heteroatoms. The van der Waals surface area contributed by atoms with Gasteiger partial charge in [-0.2, -0.15) is 10.1 Å². The second-order valence-electron chi connectivity index (χ2n) is 4.86. The molecule has 0 spiro atoms. The molecule has 22 heavy (non-hydrogen) atoms. The van der Waals surface area contributed by atoms with Crippen LogP contribution in [0.3, 0.4) is 0 Å². The second kappa shape index (κ2) is 6.37. The topological polar surface area (TPSA) is 89.3 Å². The van der Waals surface area contributed by atoms with Gasteiger partial charge < -0.3 is 14.5 Å². The van der Waals surface area contributed by atoms with E-state index < -0.39 is 0 Å². The first-order valence-electron chi connectivity index (χ1n) is 6.98. The average Bonchev–Trinajstić information content (AvgIpc) is 3.08. The normalized spacial score (nSPS) is 15.0. The lowest BCUT2D eigenvalue weighted by atomic mass is 10.3. The first-order valence-corrected chi connectivity index (χ1v) is 6.98. The molecule has 2 aromatic rings. The standard InChI is InChI=1S/C13H17N7O2/c1-22-11-2-3-15-13(17-11)19-6-4-18(5-7-19)12(21)8-20-10-14-9-16-20/h2-3,9-10H,4-8H2,1H3. The molecule has 0 radical (unpaired) electrons. The summed E-state index contributed by atoms with van der Waals surface area (Å²) in [5.74, 6) is 1.20. The Balaban J connectivity index is 1.56. The van der Waals surface area contributed by atoms with Crippen molar-refractivity contribution < 1.29 is 9.53 Å². The van der Waals surface area contributed by atoms with Gasteiger partial charge in [-0.1, -0.05) is 0 Å². The van der Waals surface area contributed by atoms with Gasteiger partial charge in [0.1, 0.15) is 19.2 Å². The molecule has 1 fully saturated rings. The maximum atomic E-state index is 12.2. The fourth-order valence-corrected chi connectivity index (χ4v) is 2.31. The summed E-state index contributed by atoms with van der Waals surface area (Å²) in [6, 6.07) is 1.71. The Morgan fingerprint density at radius 1 is 1.32 bits per heavy atom. The Morgan fingerprint density at radius 3 is 2.82 bits per heavy atom. The van der Waals surface area contributed by atoms with Crippen LogP contribution in [0.15, 0.2) is 24.9 Å². The van der Waals surface area contributed by atoms with Crippen molar-refractivity contribution in [2.75, 3.05) is 38.2 Å². The van der Waals surface area contributed by atoms with Crippen molar-refractivity contribution in [3.63, 3.8) is 0 Å². The first-order chi connectivity index (χ1) is 10.8. The predicted molar refractivity (Wildman–Crippen MR) is 77.4 cm³/mol. The first kappa shape index (κ1) is 14.2. The van der Waals surface area contributed by atoms with Gasteiger partial charge in [0, 0.05) is 38.4 Å². The Hall–Kier alpha value is -2.71. The van der Waals surface area contributed by atoms with Crippen LogP contribution in [0.1, 0.15) is 0 Å². The van der Waals surface area contributed by atoms with Gasteiger partial charge in [0.2, 0.25) is 17.7 Å². The largest absolute Gasteiger partial charge is 0.481 e. The van der Waals surface area contributed by atoms with E-state index >= 15 is 0 Å². The van der Waals surface area contributed by atoms with Crippen LogP contribution < -0.4 is 9.64 Å². The van der Waals surface area contributed by atoms with Crippen LogP contribution in [0, 0.1) is 0 Å². The van der Waals surface area contributed by atoms with E-state index in [2.05, 4.69) is 20.1 Å². The van der Waals surface area contributed by atoms with Crippen LogP contribution in [0.5, 0.6) is 5.88 Å². The van der Waals surface area contributed by atoms with Crippen molar-refractivity contribution in [1.82, 2.24) is 29.6 Å². The molecule has 9 nitrogen and oxygen atoms in total. The number of methoxy groups -OCH3 is 1. The molecule has 0 atom stereocenters. The van der Waals surface area contributed by atoms with Crippen molar-refractivity contribution in [3.8, 4) is 5.88 Å². The third kappa shape index (κ3) is 3.13. The van der Waals surface area contributed by atoms with Crippen LogP contribution in [0.4, 0.5) is 5.95 Å². The van der Waals surface area contributed by atoms with E-state index in [4.69, 9.17) is 4.74 Å². The second-order valence-corrected chi connectivity index (χ2v) is 4.86. The summed E-state index contributed by atoms with van der Waals surface area (Å²) in [6.07, 6.45) is 4.63. The number of hydrogen-bond acceptors (Lipinski definition) is 7. The van der Waals surface area contributed by atoms with Gasteiger partial charge in [-0.05, 0) is 0 Å². The fourth-order valence-electron chi connectivity index (χ4n) is 2.31. The summed E-state index contributed by atoms with van der Waals surface area (Å²) in [5, 5.41) is 3.95. The molecular formula is C13H17N7O2. The molecular weight excluding hydrogens is 286 g/mol. The molecule has 0 unspecified atom stereocenters. The maximum absolute atomic E-state index is 12.2. The van der Waals surface area contributed by atoms with Gasteiger partial charge in [-0.25, -0.2) is 14.6 Å². The van der Waals surface area contributed by atoms with E-state index in [0.717, 1.165) is 0 Å². The van der Waals surface area contributed by atoms with Crippen LogP contribution >= 0.6 is 0 Å². The summed E-state index contributed by atoms with van der Waals surface area (Å²) in [4.78, 5) is 28.4. The molecule has 0 aromatic carbocycles. The number of carbonyl (C=O) groups excluding carboxylic acids is 1. The van der Waals surface area contributed by atoms with E-state index in [1.54, 1.807) is 19.4 Å². The number of nitrogens with zero attached hydrogens (tertiary/aromatic N) is 7. The number of carbonyl (C=O) groups is 1. The van der Waals surface area contributed by atoms with Crippen LogP contribution in [0.2, 0.25) is 0 Å². The number of rotatable bonds is 4. The number of piperazine rings is 1. The molecule has 3 heterocycles. The third-order valence-electron chi connectivity index (χ3n) is 3.51. The SMILES string of the molecule is COc1ccnc(N2CCN(C(=O)Cn3cncn3)CC2)n1. The highest BCUT2D eigenvalue weighted by molar-refractivity contribution is 5.76. The third-order valence-corrected chi connectivity index (χ3v) is 3.51. The van der Waals surface area contributed by atoms with Crippen LogP contribution in [0.25, 0.3) is 0 Å². The summed E-state index contributed by atoms with van der Waals surface area (Å²) >= 11 is 0. The highest BCUT2D eigenvalue weighted by Crippen LogP contribution is 2.14. The van der Waals surface area contributed by atoms with Gasteiger partial charge in [-0.15, -0.1) is 0 Å². The molecule has 1 aliphatic heterocycles. The number of hydrogen-bond donors (Lipinski definition) is 0. The zero-order chi connectivity index (χ0) is 15.4. The number of aromatic nitrogens is 5. The number of anilines is 1. The summed E-state index contributed by atoms with van der Waals surface area (Å²) in [7, 11) is 1.58. The average molecular weight is 303 g/mol. The van der Waals surface area contributed by atoms with E-state index in [1.807, 2.05) is 9.80 Å². The van der Waals surface area contributed by atoms with Crippen LogP contribution in [-0.2, 0) is 11.3 Å². The maximum Gasteiger partial charge on any atom is 0.244 e. The van der Waals surface area contributed by atoms with E-state index in [0.29, 0.717) is 38.0 Å². The minimum absolute atomic E-state index is 0.0386. The Bertz CT molecular complexity index is 623. The summed E-state index contributed by atoms with van der Waals surface area (Å²) in [6.45, 7) is 2.87. The molecule has 0 bridgehead atoms. The molecule has 3 rings (SSSR count). The lowest BCUT2D eigenvalue weighted by Gasteiger charge is -2.34. The molecule has 0 aliphatic carbocycles. The van der Waals surface area contributed by atoms with Crippen molar-refractivity contribution in [2.24, 2.45) is 0 Å². The molecule has 1 amide bonds. The van der Waals surface area contributed by atoms with Crippen molar-refractivity contribution in [2.45, 2.75) is 6.54 Å². The Kier molecular flexibility index (Phi) is 4.12. The highest BCUT2D eigenvalue weighted by Gasteiger charge is 2.23. The van der Waals surface area contributed by atoms with E-state index in [9.17, 15) is 4.79 Å². The lowest BCUT2D eigenvalue weighted by Crippen LogP contribution is -2.50. The highest BCUT2D eigenvalue weighted by atomic mass is 16.5. The minimum atomic E-state index is 0.0386. The molecule has 0 saturated carbocycles. The van der Waals surface area contributed by atoms with Crippen molar-refractivity contribution in [1.29, 1.82) is 0 Å². The molecule has 116 valence electrons. The van der Waals surface area contributed by atoms with Gasteiger partial charge in [-0.3, -0.25) is 4.79 Å². The van der Waals surface area contributed by atoms with Crippen LogP contribution in [-0.4, -0.2) is 68.8 Å². The van der Waals surface area contributed by atoms with Gasteiger partial charge in [0.15, 0.2) is 0 Å². The number of ether oxygens (including phenoxy) is 1. The quantitative estimate of drug-likeness (QED) is 0.747. The molecule has 0 N–H and O–H groups in total. The van der Waals surface area contributed by atoms with Crippen molar-refractivity contribution in [3.05, 3.63) is 24.9 Å². The Morgan fingerprint density at radius 2 is 2.14 bits per heavy atom. The summed E-state index contributed by atoms with van der Waals surface area (Å²) in [5.41, 5.74) is 0. The smallest absolute Gasteiger partial charge is 0.244 e. The van der Waals surface area contributed by atoms with E-state index in [-0.39, 0.29) is 12.5 Å². The number of amides is 1. The van der Waals surface area contributed by atoms with Crippen molar-refractivity contribution >= 4 is 11.9 Å². The Labute approximate surface area is 127 Å². The van der Waals surface area contributed by atoms with E-state index in [1.165, 1.54) is 17.3 Å². The van der Waals surface area contributed by atoms with Gasteiger partial charge >= 0.3 is 0 Å². The fraction of sp³-hybridized carbons (Fsp3) is 0.462. The zero-order valence-electron chi connectivity index (χ0n) is 12.3. The van der Waals surface area contributed by atoms with Gasteiger partial charge in [0.05, 0.1) is 7.11 Å². The zero-order valence-corrected chi connectivity index (χ0v) is 12.3. The predicted octanol–water partition coefficient (Wildman–Crippen LogP) is -0.574. The van der Waals surface area contributed by atoms with Gasteiger partial charge in [0.25, 0.3) is 0 Å². The molecule has 2 aromatic heterocycles. The lowest BCUT2D eigenvalue weighted by molar-refractivity contribution is -0.132. The minimum Gasteiger partial charge on any atom is -0.481 e. The monoisotopic (exact) mass is 303 g/mol.